The molecule has 1 aliphatic carbocycles. The monoisotopic (exact) mass is 559 g/mol. The number of piperidine rings is 1. The van der Waals surface area contributed by atoms with Crippen molar-refractivity contribution in [3.8, 4) is 0 Å². The van der Waals surface area contributed by atoms with Gasteiger partial charge in [-0.15, -0.1) is 0 Å². The van der Waals surface area contributed by atoms with E-state index in [0.717, 1.165) is 18.9 Å². The van der Waals surface area contributed by atoms with E-state index in [0.29, 0.717) is 50.8 Å². The fourth-order valence-corrected chi connectivity index (χ4v) is 7.77. The van der Waals surface area contributed by atoms with Crippen molar-refractivity contribution in [1.82, 2.24) is 14.7 Å². The number of halogens is 2. The predicted molar refractivity (Wildman–Crippen MR) is 151 cm³/mol. The Hall–Kier alpha value is -2.22. The van der Waals surface area contributed by atoms with Gasteiger partial charge in [-0.05, 0) is 83.3 Å². The molecule has 222 valence electrons. The standard InChI is InChI=1S/C32H47F2N3O3/c1-30(2,3)36-18-25(24-12-11-23(33)17-27(24)34)26(19-36)28(38)35-15-13-32(14-16-35,22-9-7-6-8-10-22)20-37-29(39)40-21-31(37,4)5/h11-12,17,22,25-26H,6-10,13-16,18-21H2,1-5H3/t25-,26?/m0/s1. The molecule has 8 heteroatoms. The Morgan fingerprint density at radius 1 is 1.05 bits per heavy atom. The predicted octanol–water partition coefficient (Wildman–Crippen LogP) is 6.20. The first kappa shape index (κ1) is 29.3. The molecule has 3 heterocycles. The van der Waals surface area contributed by atoms with Gasteiger partial charge in [0.25, 0.3) is 0 Å². The van der Waals surface area contributed by atoms with Crippen LogP contribution in [-0.2, 0) is 9.53 Å². The summed E-state index contributed by atoms with van der Waals surface area (Å²) in [4.78, 5) is 33.1. The Kier molecular flexibility index (Phi) is 7.97. The van der Waals surface area contributed by atoms with Gasteiger partial charge >= 0.3 is 6.09 Å². The third kappa shape index (κ3) is 5.62. The summed E-state index contributed by atoms with van der Waals surface area (Å²) in [5.41, 5.74) is -0.111. The second kappa shape index (κ2) is 10.9. The van der Waals surface area contributed by atoms with Crippen LogP contribution in [0.3, 0.4) is 0 Å². The number of rotatable bonds is 5. The zero-order valence-electron chi connectivity index (χ0n) is 25.0. The van der Waals surface area contributed by atoms with Crippen molar-refractivity contribution >= 4 is 12.0 Å². The van der Waals surface area contributed by atoms with Crippen LogP contribution < -0.4 is 0 Å². The molecule has 5 rings (SSSR count). The van der Waals surface area contributed by atoms with E-state index < -0.39 is 11.6 Å². The lowest BCUT2D eigenvalue weighted by Gasteiger charge is -2.51. The number of hydrogen-bond donors (Lipinski definition) is 0. The van der Waals surface area contributed by atoms with Gasteiger partial charge < -0.3 is 9.64 Å². The van der Waals surface area contributed by atoms with Gasteiger partial charge in [-0.3, -0.25) is 14.6 Å². The fourth-order valence-electron chi connectivity index (χ4n) is 7.77. The highest BCUT2D eigenvalue weighted by Gasteiger charge is 2.51. The maximum atomic E-state index is 15.0. The summed E-state index contributed by atoms with van der Waals surface area (Å²) in [7, 11) is 0. The molecule has 1 aromatic carbocycles. The second-order valence-corrected chi connectivity index (χ2v) is 14.4. The van der Waals surface area contributed by atoms with Crippen LogP contribution in [0.4, 0.5) is 13.6 Å². The molecular weight excluding hydrogens is 512 g/mol. The molecule has 6 nitrogen and oxygen atoms in total. The molecule has 0 bridgehead atoms. The second-order valence-electron chi connectivity index (χ2n) is 14.4. The lowest BCUT2D eigenvalue weighted by molar-refractivity contribution is -0.139. The van der Waals surface area contributed by atoms with Crippen molar-refractivity contribution in [2.24, 2.45) is 17.3 Å². The molecule has 0 aromatic heterocycles. The van der Waals surface area contributed by atoms with Gasteiger partial charge in [-0.2, -0.15) is 0 Å². The molecule has 4 aliphatic rings. The van der Waals surface area contributed by atoms with Crippen molar-refractivity contribution in [3.63, 3.8) is 0 Å². The van der Waals surface area contributed by atoms with Crippen molar-refractivity contribution < 1.29 is 23.1 Å². The largest absolute Gasteiger partial charge is 0.447 e. The van der Waals surface area contributed by atoms with Crippen LogP contribution in [0.2, 0.25) is 0 Å². The highest BCUT2D eigenvalue weighted by atomic mass is 19.1. The maximum absolute atomic E-state index is 15.0. The van der Waals surface area contributed by atoms with Crippen LogP contribution in [0.5, 0.6) is 0 Å². The van der Waals surface area contributed by atoms with Crippen molar-refractivity contribution in [2.75, 3.05) is 39.3 Å². The zero-order chi connectivity index (χ0) is 28.9. The minimum Gasteiger partial charge on any atom is -0.447 e. The Labute approximate surface area is 238 Å². The molecule has 2 amide bonds. The molecule has 1 unspecified atom stereocenters. The van der Waals surface area contributed by atoms with Gasteiger partial charge in [0.2, 0.25) is 5.91 Å². The Bertz CT molecular complexity index is 1100. The third-order valence-corrected chi connectivity index (χ3v) is 10.5. The minimum absolute atomic E-state index is 0.0343. The van der Waals surface area contributed by atoms with Crippen molar-refractivity contribution in [2.45, 2.75) is 96.6 Å². The molecule has 1 saturated carbocycles. The maximum Gasteiger partial charge on any atom is 0.410 e. The number of hydrogen-bond acceptors (Lipinski definition) is 4. The molecular formula is C32H47F2N3O3. The summed E-state index contributed by atoms with van der Waals surface area (Å²) in [6.45, 7) is 14.0. The van der Waals surface area contributed by atoms with E-state index in [1.165, 1.54) is 44.2 Å². The fraction of sp³-hybridized carbons (Fsp3) is 0.750. The number of nitrogens with zero attached hydrogens (tertiary/aromatic N) is 3. The van der Waals surface area contributed by atoms with Crippen LogP contribution in [0, 0.1) is 28.9 Å². The number of ether oxygens (including phenoxy) is 1. The normalized spacial score (nSPS) is 27.7. The SMILES string of the molecule is CC(C)(C)N1CC(C(=O)N2CCC(CN3C(=O)OCC3(C)C)(C3CCCCC3)CC2)[C@H](c2ccc(F)cc2F)C1. The first-order chi connectivity index (χ1) is 18.8. The number of likely N-dealkylation sites (tertiary alicyclic amines) is 2. The Morgan fingerprint density at radius 3 is 2.30 bits per heavy atom. The number of carbonyl (C=O) groups excluding carboxylic acids is 2. The van der Waals surface area contributed by atoms with Crippen LogP contribution in [0.1, 0.15) is 91.0 Å². The molecule has 3 aliphatic heterocycles. The van der Waals surface area contributed by atoms with Crippen LogP contribution in [0.15, 0.2) is 18.2 Å². The molecule has 0 radical (unpaired) electrons. The molecule has 0 spiro atoms. The summed E-state index contributed by atoms with van der Waals surface area (Å²) < 4.78 is 34.2. The molecule has 2 atom stereocenters. The van der Waals surface area contributed by atoms with Gasteiger partial charge in [0.05, 0.1) is 11.5 Å². The number of carbonyl (C=O) groups is 2. The lowest BCUT2D eigenvalue weighted by Crippen LogP contribution is -2.55. The highest BCUT2D eigenvalue weighted by molar-refractivity contribution is 5.81. The van der Waals surface area contributed by atoms with E-state index in [1.54, 1.807) is 0 Å². The topological polar surface area (TPSA) is 53.1 Å². The summed E-state index contributed by atoms with van der Waals surface area (Å²) in [6.07, 6.45) is 7.54. The van der Waals surface area contributed by atoms with E-state index in [9.17, 15) is 18.4 Å². The third-order valence-electron chi connectivity index (χ3n) is 10.5. The summed E-state index contributed by atoms with van der Waals surface area (Å²) in [6, 6.07) is 3.74. The molecule has 3 saturated heterocycles. The van der Waals surface area contributed by atoms with E-state index in [2.05, 4.69) is 39.5 Å². The van der Waals surface area contributed by atoms with Crippen molar-refractivity contribution in [1.29, 1.82) is 0 Å². The van der Waals surface area contributed by atoms with Gasteiger partial charge in [-0.25, -0.2) is 13.6 Å². The first-order valence-electron chi connectivity index (χ1n) is 15.2. The summed E-state index contributed by atoms with van der Waals surface area (Å²) >= 11 is 0. The average molecular weight is 560 g/mol. The summed E-state index contributed by atoms with van der Waals surface area (Å²) in [5, 5.41) is 0. The van der Waals surface area contributed by atoms with E-state index in [1.807, 2.05) is 9.80 Å². The highest BCUT2D eigenvalue weighted by Crippen LogP contribution is 2.48. The molecule has 1 aromatic rings. The average Bonchev–Trinajstić information content (AvgIpc) is 3.46. The molecule has 4 fully saturated rings. The van der Waals surface area contributed by atoms with E-state index in [-0.39, 0.29) is 40.3 Å². The molecule has 0 N–H and O–H groups in total. The van der Waals surface area contributed by atoms with Gasteiger partial charge in [-0.1, -0.05) is 25.3 Å². The number of amides is 2. The van der Waals surface area contributed by atoms with Gasteiger partial charge in [0.1, 0.15) is 18.2 Å². The summed E-state index contributed by atoms with van der Waals surface area (Å²) in [5.74, 6) is -1.28. The van der Waals surface area contributed by atoms with Crippen LogP contribution >= 0.6 is 0 Å². The van der Waals surface area contributed by atoms with E-state index >= 15 is 0 Å². The minimum atomic E-state index is -0.602. The Balaban J connectivity index is 1.36. The van der Waals surface area contributed by atoms with Gasteiger partial charge in [0.15, 0.2) is 0 Å². The smallest absolute Gasteiger partial charge is 0.410 e. The zero-order valence-corrected chi connectivity index (χ0v) is 25.0. The van der Waals surface area contributed by atoms with Crippen LogP contribution in [0.25, 0.3) is 0 Å². The van der Waals surface area contributed by atoms with Crippen LogP contribution in [-0.4, -0.2) is 77.1 Å². The van der Waals surface area contributed by atoms with Crippen molar-refractivity contribution in [3.05, 3.63) is 35.4 Å². The number of cyclic esters (lactones) is 1. The Morgan fingerprint density at radius 2 is 1.73 bits per heavy atom. The first-order valence-corrected chi connectivity index (χ1v) is 15.2. The lowest BCUT2D eigenvalue weighted by atomic mass is 9.63. The number of benzene rings is 1. The van der Waals surface area contributed by atoms with Gasteiger partial charge in [0, 0.05) is 50.2 Å². The quantitative estimate of drug-likeness (QED) is 0.431. The van der Waals surface area contributed by atoms with E-state index in [4.69, 9.17) is 4.74 Å². The molecule has 40 heavy (non-hydrogen) atoms.